The number of aromatic amines is 1. The van der Waals surface area contributed by atoms with E-state index in [1.165, 1.54) is 33.5 Å². The Morgan fingerprint density at radius 2 is 1.78 bits per heavy atom. The highest BCUT2D eigenvalue weighted by atomic mass is 19.1. The number of anilines is 1. The monoisotopic (exact) mass is 440 g/mol. The lowest BCUT2D eigenvalue weighted by molar-refractivity contribution is 0.0939. The van der Waals surface area contributed by atoms with Crippen molar-refractivity contribution in [1.82, 2.24) is 15.5 Å². The number of hydrogen-bond acceptors (Lipinski definition) is 6. The molecule has 1 saturated heterocycles. The van der Waals surface area contributed by atoms with Gasteiger partial charge in [-0.15, -0.1) is 0 Å². The van der Waals surface area contributed by atoms with Crippen molar-refractivity contribution in [3.8, 4) is 28.5 Å². The van der Waals surface area contributed by atoms with Crippen molar-refractivity contribution in [2.45, 2.75) is 12.5 Å². The van der Waals surface area contributed by atoms with Gasteiger partial charge >= 0.3 is 0 Å². The molecule has 2 N–H and O–H groups in total. The van der Waals surface area contributed by atoms with E-state index in [1.54, 1.807) is 24.3 Å². The second-order valence-corrected chi connectivity index (χ2v) is 7.47. The second-order valence-electron chi connectivity index (χ2n) is 7.47. The van der Waals surface area contributed by atoms with Crippen molar-refractivity contribution < 1.29 is 23.4 Å². The van der Waals surface area contributed by atoms with E-state index in [1.807, 2.05) is 6.07 Å². The van der Waals surface area contributed by atoms with E-state index in [0.717, 1.165) is 30.0 Å². The minimum atomic E-state index is -0.279. The molecule has 0 unspecified atom stereocenters. The van der Waals surface area contributed by atoms with Crippen LogP contribution in [0.3, 0.4) is 0 Å². The predicted octanol–water partition coefficient (Wildman–Crippen LogP) is 3.25. The molecule has 3 aromatic rings. The van der Waals surface area contributed by atoms with Gasteiger partial charge in [0, 0.05) is 30.8 Å². The number of nitrogens with one attached hydrogen (secondary N) is 2. The summed E-state index contributed by atoms with van der Waals surface area (Å²) >= 11 is 0. The summed E-state index contributed by atoms with van der Waals surface area (Å²) in [5.41, 5.74) is 2.10. The van der Waals surface area contributed by atoms with Crippen LogP contribution in [-0.2, 0) is 0 Å². The smallest absolute Gasteiger partial charge is 0.251 e. The molecule has 0 radical (unpaired) electrons. The predicted molar refractivity (Wildman–Crippen MR) is 118 cm³/mol. The van der Waals surface area contributed by atoms with Crippen molar-refractivity contribution in [2.24, 2.45) is 0 Å². The number of carbonyl (C=O) groups excluding carboxylic acids is 1. The Kier molecular flexibility index (Phi) is 6.16. The van der Waals surface area contributed by atoms with Crippen LogP contribution in [0.25, 0.3) is 11.3 Å². The molecule has 1 aliphatic heterocycles. The largest absolute Gasteiger partial charge is 0.493 e. The van der Waals surface area contributed by atoms with E-state index in [9.17, 15) is 9.18 Å². The van der Waals surface area contributed by atoms with Crippen LogP contribution in [0.1, 0.15) is 16.8 Å². The van der Waals surface area contributed by atoms with Crippen LogP contribution in [0, 0.1) is 5.82 Å². The first-order valence-electron chi connectivity index (χ1n) is 10.2. The Balaban J connectivity index is 1.42. The second kappa shape index (κ2) is 9.17. The lowest BCUT2D eigenvalue weighted by Gasteiger charge is -2.17. The number of H-pyrrole nitrogens is 1. The molecular weight excluding hydrogens is 415 g/mol. The zero-order valence-corrected chi connectivity index (χ0v) is 18.1. The molecule has 0 aliphatic carbocycles. The minimum Gasteiger partial charge on any atom is -0.493 e. The molecule has 1 atom stereocenters. The molecule has 1 aliphatic rings. The summed E-state index contributed by atoms with van der Waals surface area (Å²) < 4.78 is 29.1. The fourth-order valence-electron chi connectivity index (χ4n) is 3.82. The van der Waals surface area contributed by atoms with Gasteiger partial charge in [0.05, 0.1) is 27.0 Å². The van der Waals surface area contributed by atoms with E-state index in [4.69, 9.17) is 14.2 Å². The summed E-state index contributed by atoms with van der Waals surface area (Å²) in [6.45, 7) is 1.39. The van der Waals surface area contributed by atoms with E-state index in [2.05, 4.69) is 20.4 Å². The van der Waals surface area contributed by atoms with Gasteiger partial charge in [-0.25, -0.2) is 4.39 Å². The number of rotatable bonds is 7. The third-order valence-corrected chi connectivity index (χ3v) is 5.49. The van der Waals surface area contributed by atoms with Gasteiger partial charge in [0.25, 0.3) is 5.91 Å². The average Bonchev–Trinajstić information content (AvgIpc) is 3.48. The molecule has 168 valence electrons. The highest BCUT2D eigenvalue weighted by molar-refractivity contribution is 5.96. The number of hydrogen-bond donors (Lipinski definition) is 2. The van der Waals surface area contributed by atoms with Crippen LogP contribution in [0.15, 0.2) is 42.5 Å². The van der Waals surface area contributed by atoms with E-state index >= 15 is 0 Å². The summed E-state index contributed by atoms with van der Waals surface area (Å²) in [6.07, 6.45) is 0.787. The van der Waals surface area contributed by atoms with Crippen LogP contribution >= 0.6 is 0 Å². The molecular formula is C23H25FN4O4. The van der Waals surface area contributed by atoms with Gasteiger partial charge in [-0.3, -0.25) is 9.89 Å². The van der Waals surface area contributed by atoms with Crippen molar-refractivity contribution in [2.75, 3.05) is 39.3 Å². The first-order valence-corrected chi connectivity index (χ1v) is 10.2. The molecule has 8 nitrogen and oxygen atoms in total. The van der Waals surface area contributed by atoms with Gasteiger partial charge in [0.15, 0.2) is 17.3 Å². The molecule has 2 heterocycles. The Morgan fingerprint density at radius 3 is 2.41 bits per heavy atom. The van der Waals surface area contributed by atoms with Crippen molar-refractivity contribution in [3.05, 3.63) is 53.8 Å². The molecule has 0 saturated carbocycles. The highest BCUT2D eigenvalue weighted by Gasteiger charge is 2.27. The molecule has 32 heavy (non-hydrogen) atoms. The summed E-state index contributed by atoms with van der Waals surface area (Å²) in [6, 6.07) is 11.4. The number of halogens is 1. The van der Waals surface area contributed by atoms with Gasteiger partial charge in [0.2, 0.25) is 5.75 Å². The molecule has 1 fully saturated rings. The third kappa shape index (κ3) is 4.32. The summed E-state index contributed by atoms with van der Waals surface area (Å²) in [5, 5.41) is 10.4. The minimum absolute atomic E-state index is 0.0347. The Hall–Kier alpha value is -3.75. The Bertz CT molecular complexity index is 1070. The zero-order chi connectivity index (χ0) is 22.7. The lowest BCUT2D eigenvalue weighted by atomic mass is 10.1. The first-order chi connectivity index (χ1) is 15.5. The van der Waals surface area contributed by atoms with Crippen LogP contribution in [0.5, 0.6) is 17.2 Å². The van der Waals surface area contributed by atoms with Gasteiger partial charge in [0.1, 0.15) is 5.82 Å². The topological polar surface area (TPSA) is 88.7 Å². The molecule has 0 bridgehead atoms. The van der Waals surface area contributed by atoms with E-state index in [0.29, 0.717) is 29.4 Å². The standard InChI is InChI=1S/C23H25FN4O4/c1-30-19-10-15(11-20(31-2)22(19)32-3)23(29)25-17-8-9-28(13-17)21-12-18(26-27-21)14-4-6-16(24)7-5-14/h4-7,10-12,17H,8-9,13H2,1-3H3,(H,25,29)(H,26,27)/t17-/m1/s1. The van der Waals surface area contributed by atoms with Gasteiger partial charge in [-0.2, -0.15) is 5.10 Å². The number of methoxy groups -OCH3 is 3. The molecule has 1 amide bonds. The first kappa shape index (κ1) is 21.5. The normalized spacial score (nSPS) is 15.5. The molecule has 9 heteroatoms. The van der Waals surface area contributed by atoms with Crippen LogP contribution in [-0.4, -0.2) is 56.6 Å². The lowest BCUT2D eigenvalue weighted by Crippen LogP contribution is -2.37. The van der Waals surface area contributed by atoms with Crippen LogP contribution < -0.4 is 24.4 Å². The van der Waals surface area contributed by atoms with Crippen molar-refractivity contribution in [3.63, 3.8) is 0 Å². The zero-order valence-electron chi connectivity index (χ0n) is 18.1. The molecule has 1 aromatic heterocycles. The van der Waals surface area contributed by atoms with Crippen molar-refractivity contribution in [1.29, 1.82) is 0 Å². The maximum absolute atomic E-state index is 13.2. The number of carbonyl (C=O) groups is 1. The number of ether oxygens (including phenoxy) is 3. The quantitative estimate of drug-likeness (QED) is 0.586. The maximum atomic E-state index is 13.2. The number of amides is 1. The van der Waals surface area contributed by atoms with E-state index < -0.39 is 0 Å². The van der Waals surface area contributed by atoms with Crippen LogP contribution in [0.4, 0.5) is 10.2 Å². The third-order valence-electron chi connectivity index (χ3n) is 5.49. The number of nitrogens with zero attached hydrogens (tertiary/aromatic N) is 2. The molecule has 4 rings (SSSR count). The Labute approximate surface area is 185 Å². The highest BCUT2D eigenvalue weighted by Crippen LogP contribution is 2.38. The maximum Gasteiger partial charge on any atom is 0.251 e. The van der Waals surface area contributed by atoms with Gasteiger partial charge in [-0.05, 0) is 48.4 Å². The molecule has 2 aromatic carbocycles. The van der Waals surface area contributed by atoms with E-state index in [-0.39, 0.29) is 17.8 Å². The fourth-order valence-corrected chi connectivity index (χ4v) is 3.82. The summed E-state index contributed by atoms with van der Waals surface area (Å²) in [4.78, 5) is 15.0. The van der Waals surface area contributed by atoms with Gasteiger partial charge in [-0.1, -0.05) is 0 Å². The van der Waals surface area contributed by atoms with Gasteiger partial charge < -0.3 is 24.4 Å². The summed E-state index contributed by atoms with van der Waals surface area (Å²) in [5.74, 6) is 1.58. The fraction of sp³-hybridized carbons (Fsp3) is 0.304. The average molecular weight is 440 g/mol. The number of benzene rings is 2. The Morgan fingerprint density at radius 1 is 1.09 bits per heavy atom. The van der Waals surface area contributed by atoms with Crippen molar-refractivity contribution >= 4 is 11.7 Å². The van der Waals surface area contributed by atoms with Crippen LogP contribution in [0.2, 0.25) is 0 Å². The summed E-state index contributed by atoms with van der Waals surface area (Å²) in [7, 11) is 4.54. The SMILES string of the molecule is COc1cc(C(=O)N[C@@H]2CCN(c3cc(-c4ccc(F)cc4)[nH]n3)C2)cc(OC)c1OC. The number of aromatic nitrogens is 2. The molecule has 0 spiro atoms.